The summed E-state index contributed by atoms with van der Waals surface area (Å²) in [7, 11) is 1.70. The molecule has 6 heteroatoms. The zero-order chi connectivity index (χ0) is 21.1. The van der Waals surface area contributed by atoms with Crippen LogP contribution < -0.4 is 10.2 Å². The number of imidazole rings is 1. The molecule has 0 saturated carbocycles. The van der Waals surface area contributed by atoms with Crippen LogP contribution in [0.4, 0.5) is 5.69 Å². The van der Waals surface area contributed by atoms with Crippen molar-refractivity contribution in [3.63, 3.8) is 0 Å². The lowest BCUT2D eigenvalue weighted by Gasteiger charge is -2.16. The number of nitrogens with zero attached hydrogens (tertiary/aromatic N) is 3. The number of benzene rings is 2. The van der Waals surface area contributed by atoms with Gasteiger partial charge in [-0.2, -0.15) is 0 Å². The second kappa shape index (κ2) is 8.21. The fourth-order valence-corrected chi connectivity index (χ4v) is 3.35. The summed E-state index contributed by atoms with van der Waals surface area (Å²) >= 11 is 0. The van der Waals surface area contributed by atoms with Crippen molar-refractivity contribution in [1.82, 2.24) is 14.7 Å². The van der Waals surface area contributed by atoms with Crippen LogP contribution in [0.1, 0.15) is 32.2 Å². The van der Waals surface area contributed by atoms with Crippen molar-refractivity contribution in [2.75, 3.05) is 11.9 Å². The third-order valence-electron chi connectivity index (χ3n) is 5.10. The predicted molar refractivity (Wildman–Crippen MR) is 117 cm³/mol. The lowest BCUT2D eigenvalue weighted by molar-refractivity contribution is 0.0940. The maximum absolute atomic E-state index is 13.1. The van der Waals surface area contributed by atoms with Gasteiger partial charge in [-0.05, 0) is 42.3 Å². The van der Waals surface area contributed by atoms with Crippen molar-refractivity contribution >= 4 is 23.0 Å². The van der Waals surface area contributed by atoms with Crippen LogP contribution in [-0.4, -0.2) is 28.2 Å². The van der Waals surface area contributed by atoms with Crippen molar-refractivity contribution in [3.8, 4) is 0 Å². The number of hydrogen-bond donors (Lipinski definition) is 1. The molecule has 6 nitrogen and oxygen atoms in total. The monoisotopic (exact) mass is 398 g/mol. The first-order valence-electron chi connectivity index (χ1n) is 9.69. The first-order chi connectivity index (χ1) is 14.6. The number of pyridine rings is 1. The fraction of sp³-hybridized carbons (Fsp3) is 0.125. The van der Waals surface area contributed by atoms with Crippen molar-refractivity contribution < 1.29 is 9.59 Å². The Morgan fingerprint density at radius 1 is 0.967 bits per heavy atom. The van der Waals surface area contributed by atoms with Gasteiger partial charge >= 0.3 is 0 Å². The topological polar surface area (TPSA) is 66.7 Å². The second-order valence-corrected chi connectivity index (χ2v) is 7.05. The second-order valence-electron chi connectivity index (χ2n) is 7.05. The number of nitrogens with one attached hydrogen (secondary N) is 1. The van der Waals surface area contributed by atoms with E-state index in [0.29, 0.717) is 12.1 Å². The molecule has 0 aliphatic heterocycles. The number of para-hydroxylation sites is 1. The molecule has 1 N–H and O–H groups in total. The average molecular weight is 398 g/mol. The van der Waals surface area contributed by atoms with Gasteiger partial charge in [0, 0.05) is 25.5 Å². The molecular formula is C24H22N4O2. The molecule has 0 saturated heterocycles. The van der Waals surface area contributed by atoms with E-state index in [1.165, 1.54) is 4.90 Å². The van der Waals surface area contributed by atoms with Gasteiger partial charge in [-0.15, -0.1) is 0 Å². The van der Waals surface area contributed by atoms with Gasteiger partial charge in [0.2, 0.25) is 5.82 Å². The number of carbonyl (C=O) groups is 2. The minimum Gasteiger partial charge on any atom is -0.345 e. The smallest absolute Gasteiger partial charge is 0.287 e. The van der Waals surface area contributed by atoms with E-state index in [1.54, 1.807) is 23.7 Å². The summed E-state index contributed by atoms with van der Waals surface area (Å²) in [6.07, 6.45) is 1.74. The standard InChI is InChI=1S/C24H22N4O2/c1-17-10-6-7-11-18(17)16-25-23(29)22-26-21(20-14-8-9-15-28(20)22)24(30)27(2)19-12-4-3-5-13-19/h3-15H,16H2,1-2H3,(H,25,29). The Morgan fingerprint density at radius 2 is 1.67 bits per heavy atom. The van der Waals surface area contributed by atoms with Gasteiger partial charge in [-0.1, -0.05) is 48.5 Å². The first kappa shape index (κ1) is 19.4. The molecule has 0 radical (unpaired) electrons. The Balaban J connectivity index is 1.64. The molecule has 0 aliphatic carbocycles. The normalized spacial score (nSPS) is 10.7. The highest BCUT2D eigenvalue weighted by Gasteiger charge is 2.24. The van der Waals surface area contributed by atoms with E-state index in [4.69, 9.17) is 0 Å². The Bertz CT molecular complexity index is 1210. The van der Waals surface area contributed by atoms with E-state index >= 15 is 0 Å². The van der Waals surface area contributed by atoms with E-state index in [9.17, 15) is 9.59 Å². The van der Waals surface area contributed by atoms with Crippen molar-refractivity contribution in [2.45, 2.75) is 13.5 Å². The van der Waals surface area contributed by atoms with E-state index in [-0.39, 0.29) is 23.3 Å². The van der Waals surface area contributed by atoms with Crippen LogP contribution in [0.3, 0.4) is 0 Å². The highest BCUT2D eigenvalue weighted by molar-refractivity contribution is 6.10. The third kappa shape index (κ3) is 3.67. The number of amides is 2. The molecule has 2 amide bonds. The number of fused-ring (bicyclic) bond motifs is 1. The molecule has 30 heavy (non-hydrogen) atoms. The Morgan fingerprint density at radius 3 is 2.43 bits per heavy atom. The Hall–Kier alpha value is -3.93. The highest BCUT2D eigenvalue weighted by Crippen LogP contribution is 2.19. The maximum atomic E-state index is 13.1. The number of rotatable bonds is 5. The van der Waals surface area contributed by atoms with Gasteiger partial charge in [0.15, 0.2) is 5.69 Å². The van der Waals surface area contributed by atoms with E-state index in [2.05, 4.69) is 10.3 Å². The minimum atomic E-state index is -0.333. The van der Waals surface area contributed by atoms with Crippen LogP contribution in [-0.2, 0) is 6.54 Å². The SMILES string of the molecule is Cc1ccccc1CNC(=O)c1nc(C(=O)N(C)c2ccccc2)c2ccccn12. The van der Waals surface area contributed by atoms with Crippen molar-refractivity contribution in [3.05, 3.63) is 102 Å². The summed E-state index contributed by atoms with van der Waals surface area (Å²) in [5.74, 6) is -0.423. The molecule has 0 aliphatic rings. The summed E-state index contributed by atoms with van der Waals surface area (Å²) in [5.41, 5.74) is 3.72. The largest absolute Gasteiger partial charge is 0.345 e. The Labute approximate surface area is 174 Å². The van der Waals surface area contributed by atoms with Gasteiger partial charge in [-0.25, -0.2) is 4.98 Å². The summed E-state index contributed by atoms with van der Waals surface area (Å²) < 4.78 is 1.65. The van der Waals surface area contributed by atoms with Gasteiger partial charge in [0.25, 0.3) is 11.8 Å². The van der Waals surface area contributed by atoms with Gasteiger partial charge in [0.1, 0.15) is 0 Å². The van der Waals surface area contributed by atoms with Gasteiger partial charge < -0.3 is 10.2 Å². The molecule has 0 fully saturated rings. The molecular weight excluding hydrogens is 376 g/mol. The molecule has 2 aromatic carbocycles. The highest BCUT2D eigenvalue weighted by atomic mass is 16.2. The number of hydrogen-bond acceptors (Lipinski definition) is 3. The fourth-order valence-electron chi connectivity index (χ4n) is 3.35. The molecule has 150 valence electrons. The molecule has 2 aromatic heterocycles. The minimum absolute atomic E-state index is 0.184. The lowest BCUT2D eigenvalue weighted by Crippen LogP contribution is -2.27. The van der Waals surface area contributed by atoms with E-state index < -0.39 is 0 Å². The van der Waals surface area contributed by atoms with Crippen molar-refractivity contribution in [2.24, 2.45) is 0 Å². The molecule has 4 aromatic rings. The van der Waals surface area contributed by atoms with Crippen LogP contribution in [0, 0.1) is 6.92 Å². The predicted octanol–water partition coefficient (Wildman–Crippen LogP) is 3.85. The summed E-state index contributed by atoms with van der Waals surface area (Å²) in [6.45, 7) is 2.39. The van der Waals surface area contributed by atoms with E-state index in [1.807, 2.05) is 73.7 Å². The maximum Gasteiger partial charge on any atom is 0.287 e. The molecule has 0 spiro atoms. The number of aryl methyl sites for hydroxylation is 1. The van der Waals surface area contributed by atoms with Crippen LogP contribution >= 0.6 is 0 Å². The van der Waals surface area contributed by atoms with Crippen molar-refractivity contribution in [1.29, 1.82) is 0 Å². The van der Waals surface area contributed by atoms with E-state index in [0.717, 1.165) is 16.8 Å². The van der Waals surface area contributed by atoms with Crippen LogP contribution in [0.5, 0.6) is 0 Å². The van der Waals surface area contributed by atoms with Gasteiger partial charge in [-0.3, -0.25) is 14.0 Å². The van der Waals surface area contributed by atoms with Gasteiger partial charge in [0.05, 0.1) is 5.52 Å². The Kier molecular flexibility index (Phi) is 5.30. The zero-order valence-electron chi connectivity index (χ0n) is 16.9. The number of aromatic nitrogens is 2. The van der Waals surface area contributed by atoms with Crippen LogP contribution in [0.25, 0.3) is 5.52 Å². The quantitative estimate of drug-likeness (QED) is 0.555. The zero-order valence-corrected chi connectivity index (χ0v) is 16.9. The lowest BCUT2D eigenvalue weighted by atomic mass is 10.1. The van der Waals surface area contributed by atoms with Crippen LogP contribution in [0.2, 0.25) is 0 Å². The molecule has 2 heterocycles. The molecule has 4 rings (SSSR count). The summed E-state index contributed by atoms with van der Waals surface area (Å²) in [4.78, 5) is 32.0. The number of carbonyl (C=O) groups excluding carboxylic acids is 2. The van der Waals surface area contributed by atoms with Crippen LogP contribution in [0.15, 0.2) is 79.0 Å². The summed E-state index contributed by atoms with van der Waals surface area (Å²) in [6, 6.07) is 22.6. The number of anilines is 1. The first-order valence-corrected chi connectivity index (χ1v) is 9.69. The molecule has 0 bridgehead atoms. The third-order valence-corrected chi connectivity index (χ3v) is 5.10. The summed E-state index contributed by atoms with van der Waals surface area (Å²) in [5, 5.41) is 2.91. The average Bonchev–Trinajstić information content (AvgIpc) is 3.18. The molecule has 0 unspecified atom stereocenters. The molecule has 0 atom stereocenters.